The molecule has 0 spiro atoms. The second kappa shape index (κ2) is 4.44. The first kappa shape index (κ1) is 11.4. The molecule has 0 saturated heterocycles. The van der Waals surface area contributed by atoms with Gasteiger partial charge in [-0.2, -0.15) is 0 Å². The summed E-state index contributed by atoms with van der Waals surface area (Å²) in [4.78, 5) is 13.2. The number of benzene rings is 1. The second-order valence-corrected chi connectivity index (χ2v) is 4.68. The van der Waals surface area contributed by atoms with Crippen molar-refractivity contribution in [2.75, 3.05) is 19.4 Å². The first-order chi connectivity index (χ1) is 7.58. The standard InChI is InChI=1S/C12H15ClN2O/c1-15(2)12(13)9-3-5-10-8(7-9)4-6-11(16)14-10/h3,5,7,12H,4,6H2,1-2H3,(H,14,16). The molecule has 1 heterocycles. The van der Waals surface area contributed by atoms with Crippen molar-refractivity contribution in [3.8, 4) is 0 Å². The van der Waals surface area contributed by atoms with Gasteiger partial charge in [-0.3, -0.25) is 9.69 Å². The number of nitrogens with one attached hydrogen (secondary N) is 1. The smallest absolute Gasteiger partial charge is 0.224 e. The van der Waals surface area contributed by atoms with Crippen LogP contribution in [-0.4, -0.2) is 24.9 Å². The Kier molecular flexibility index (Phi) is 3.17. The molecule has 1 N–H and O–H groups in total. The molecule has 1 aromatic rings. The predicted molar refractivity (Wildman–Crippen MR) is 65.7 cm³/mol. The van der Waals surface area contributed by atoms with Crippen LogP contribution in [0.4, 0.5) is 5.69 Å². The van der Waals surface area contributed by atoms with Crippen molar-refractivity contribution >= 4 is 23.2 Å². The molecule has 1 unspecified atom stereocenters. The Morgan fingerprint density at radius 1 is 1.38 bits per heavy atom. The molecule has 0 bridgehead atoms. The van der Waals surface area contributed by atoms with Gasteiger partial charge in [0.1, 0.15) is 5.50 Å². The van der Waals surface area contributed by atoms with Crippen LogP contribution in [0, 0.1) is 0 Å². The molecule has 2 rings (SSSR count). The minimum absolute atomic E-state index is 0.0929. The van der Waals surface area contributed by atoms with Gasteiger partial charge in [-0.05, 0) is 37.7 Å². The van der Waals surface area contributed by atoms with E-state index in [0.717, 1.165) is 17.7 Å². The van der Waals surface area contributed by atoms with E-state index in [1.165, 1.54) is 5.56 Å². The average molecular weight is 239 g/mol. The molecule has 3 nitrogen and oxygen atoms in total. The fourth-order valence-electron chi connectivity index (χ4n) is 1.85. The van der Waals surface area contributed by atoms with E-state index in [9.17, 15) is 4.79 Å². The Morgan fingerprint density at radius 3 is 2.81 bits per heavy atom. The fraction of sp³-hybridized carbons (Fsp3) is 0.417. The van der Waals surface area contributed by atoms with Gasteiger partial charge in [0.15, 0.2) is 0 Å². The van der Waals surface area contributed by atoms with Crippen LogP contribution in [-0.2, 0) is 11.2 Å². The molecular formula is C12H15ClN2O. The molecule has 86 valence electrons. The Balaban J connectivity index is 2.29. The Bertz CT molecular complexity index is 417. The van der Waals surface area contributed by atoms with E-state index >= 15 is 0 Å². The third kappa shape index (κ3) is 2.20. The van der Waals surface area contributed by atoms with E-state index in [0.29, 0.717) is 6.42 Å². The van der Waals surface area contributed by atoms with Gasteiger partial charge >= 0.3 is 0 Å². The number of amides is 1. The zero-order chi connectivity index (χ0) is 11.7. The number of nitrogens with zero attached hydrogens (tertiary/aromatic N) is 1. The largest absolute Gasteiger partial charge is 0.326 e. The lowest BCUT2D eigenvalue weighted by Gasteiger charge is -2.22. The zero-order valence-corrected chi connectivity index (χ0v) is 10.2. The van der Waals surface area contributed by atoms with Crippen LogP contribution in [0.25, 0.3) is 0 Å². The van der Waals surface area contributed by atoms with Gasteiger partial charge in [0, 0.05) is 12.1 Å². The van der Waals surface area contributed by atoms with Crippen LogP contribution in [0.15, 0.2) is 18.2 Å². The molecule has 0 saturated carbocycles. The lowest BCUT2D eigenvalue weighted by molar-refractivity contribution is -0.116. The molecule has 4 heteroatoms. The number of alkyl halides is 1. The molecular weight excluding hydrogens is 224 g/mol. The van der Waals surface area contributed by atoms with E-state index in [4.69, 9.17) is 11.6 Å². The summed E-state index contributed by atoms with van der Waals surface area (Å²) in [5, 5.41) is 2.86. The summed E-state index contributed by atoms with van der Waals surface area (Å²) in [5.74, 6) is 0.0929. The number of aryl methyl sites for hydroxylation is 1. The number of hydrogen-bond donors (Lipinski definition) is 1. The highest BCUT2D eigenvalue weighted by Crippen LogP contribution is 2.29. The normalized spacial score (nSPS) is 16.9. The summed E-state index contributed by atoms with van der Waals surface area (Å²) < 4.78 is 0. The lowest BCUT2D eigenvalue weighted by atomic mass is 10.0. The number of carbonyl (C=O) groups excluding carboxylic acids is 1. The van der Waals surface area contributed by atoms with Crippen LogP contribution in [0.1, 0.15) is 23.0 Å². The first-order valence-electron chi connectivity index (χ1n) is 5.31. The Morgan fingerprint density at radius 2 is 2.12 bits per heavy atom. The SMILES string of the molecule is CN(C)C(Cl)c1ccc2c(c1)CCC(=O)N2. The number of anilines is 1. The molecule has 1 atom stereocenters. The number of fused-ring (bicyclic) bond motifs is 1. The first-order valence-corrected chi connectivity index (χ1v) is 5.75. The molecule has 0 fully saturated rings. The molecule has 1 aliphatic heterocycles. The van der Waals surface area contributed by atoms with Crippen molar-refractivity contribution in [3.63, 3.8) is 0 Å². The maximum Gasteiger partial charge on any atom is 0.224 e. The molecule has 16 heavy (non-hydrogen) atoms. The quantitative estimate of drug-likeness (QED) is 0.634. The maximum atomic E-state index is 11.2. The minimum atomic E-state index is -0.122. The van der Waals surface area contributed by atoms with Gasteiger partial charge in [-0.1, -0.05) is 12.1 Å². The van der Waals surface area contributed by atoms with Gasteiger partial charge < -0.3 is 5.32 Å². The lowest BCUT2D eigenvalue weighted by Crippen LogP contribution is -2.20. The van der Waals surface area contributed by atoms with Crippen molar-refractivity contribution in [3.05, 3.63) is 29.3 Å². The van der Waals surface area contributed by atoms with Crippen molar-refractivity contribution in [1.82, 2.24) is 4.90 Å². The van der Waals surface area contributed by atoms with Crippen LogP contribution in [0.5, 0.6) is 0 Å². The van der Waals surface area contributed by atoms with Crippen molar-refractivity contribution < 1.29 is 4.79 Å². The van der Waals surface area contributed by atoms with Crippen molar-refractivity contribution in [1.29, 1.82) is 0 Å². The van der Waals surface area contributed by atoms with Crippen LogP contribution < -0.4 is 5.32 Å². The minimum Gasteiger partial charge on any atom is -0.326 e. The molecule has 0 aliphatic carbocycles. The number of halogens is 1. The van der Waals surface area contributed by atoms with Gasteiger partial charge in [-0.25, -0.2) is 0 Å². The van der Waals surface area contributed by atoms with E-state index in [1.807, 2.05) is 31.1 Å². The van der Waals surface area contributed by atoms with Gasteiger partial charge in [0.2, 0.25) is 5.91 Å². The van der Waals surface area contributed by atoms with Gasteiger partial charge in [-0.15, -0.1) is 11.6 Å². The molecule has 1 amide bonds. The number of rotatable bonds is 2. The summed E-state index contributed by atoms with van der Waals surface area (Å²) >= 11 is 6.25. The topological polar surface area (TPSA) is 32.3 Å². The summed E-state index contributed by atoms with van der Waals surface area (Å²) in [5.41, 5.74) is 3.04. The molecule has 0 aromatic heterocycles. The number of hydrogen-bond acceptors (Lipinski definition) is 2. The van der Waals surface area contributed by atoms with E-state index in [1.54, 1.807) is 0 Å². The van der Waals surface area contributed by atoms with Crippen LogP contribution in [0.3, 0.4) is 0 Å². The van der Waals surface area contributed by atoms with E-state index < -0.39 is 0 Å². The molecule has 1 aromatic carbocycles. The van der Waals surface area contributed by atoms with Crippen molar-refractivity contribution in [2.24, 2.45) is 0 Å². The summed E-state index contributed by atoms with van der Waals surface area (Å²) in [7, 11) is 3.89. The van der Waals surface area contributed by atoms with Crippen LogP contribution in [0.2, 0.25) is 0 Å². The molecule has 1 aliphatic rings. The maximum absolute atomic E-state index is 11.2. The Labute approximate surface area is 100 Å². The Hall–Kier alpha value is -1.06. The third-order valence-electron chi connectivity index (χ3n) is 2.75. The van der Waals surface area contributed by atoms with Gasteiger partial charge in [0.05, 0.1) is 0 Å². The van der Waals surface area contributed by atoms with E-state index in [-0.39, 0.29) is 11.4 Å². The highest BCUT2D eigenvalue weighted by atomic mass is 35.5. The van der Waals surface area contributed by atoms with Gasteiger partial charge in [0.25, 0.3) is 0 Å². The summed E-state index contributed by atoms with van der Waals surface area (Å²) in [6, 6.07) is 5.97. The monoisotopic (exact) mass is 238 g/mol. The number of carbonyl (C=O) groups is 1. The predicted octanol–water partition coefficient (Wildman–Crippen LogP) is 2.37. The average Bonchev–Trinajstić information content (AvgIpc) is 2.27. The highest BCUT2D eigenvalue weighted by molar-refractivity contribution is 6.20. The summed E-state index contributed by atoms with van der Waals surface area (Å²) in [6.07, 6.45) is 1.36. The molecule has 0 radical (unpaired) electrons. The summed E-state index contributed by atoms with van der Waals surface area (Å²) in [6.45, 7) is 0. The van der Waals surface area contributed by atoms with Crippen LogP contribution >= 0.6 is 11.6 Å². The zero-order valence-electron chi connectivity index (χ0n) is 9.46. The van der Waals surface area contributed by atoms with E-state index in [2.05, 4.69) is 11.4 Å². The third-order valence-corrected chi connectivity index (χ3v) is 3.40. The second-order valence-electron chi connectivity index (χ2n) is 4.26. The van der Waals surface area contributed by atoms with Crippen molar-refractivity contribution in [2.45, 2.75) is 18.3 Å². The highest BCUT2D eigenvalue weighted by Gasteiger charge is 2.17. The fourth-order valence-corrected chi connectivity index (χ4v) is 1.99.